The van der Waals surface area contributed by atoms with Crippen molar-refractivity contribution < 1.29 is 9.21 Å². The van der Waals surface area contributed by atoms with E-state index in [1.165, 1.54) is 6.42 Å². The maximum absolute atomic E-state index is 13.7. The fraction of sp³-hybridized carbons (Fsp3) is 0.440. The van der Waals surface area contributed by atoms with Gasteiger partial charge in [-0.3, -0.25) is 4.79 Å². The lowest BCUT2D eigenvalue weighted by Gasteiger charge is -2.34. The van der Waals surface area contributed by atoms with Crippen LogP contribution in [0.25, 0.3) is 0 Å². The molecule has 1 saturated carbocycles. The van der Waals surface area contributed by atoms with E-state index in [1.807, 2.05) is 45.1 Å². The van der Waals surface area contributed by atoms with Crippen LogP contribution in [0, 0.1) is 5.41 Å². The normalized spacial score (nSPS) is 19.5. The van der Waals surface area contributed by atoms with E-state index in [1.54, 1.807) is 17.3 Å². The minimum atomic E-state index is -0.565. The van der Waals surface area contributed by atoms with Crippen molar-refractivity contribution in [1.82, 2.24) is 19.9 Å². The third-order valence-corrected chi connectivity index (χ3v) is 6.22. The molecule has 1 atom stereocenters. The van der Waals surface area contributed by atoms with Crippen LogP contribution in [0.2, 0.25) is 0 Å². The fourth-order valence-electron chi connectivity index (χ4n) is 4.24. The summed E-state index contributed by atoms with van der Waals surface area (Å²) in [5.74, 6) is 1.12. The minimum Gasteiger partial charge on any atom is -0.435 e. The summed E-state index contributed by atoms with van der Waals surface area (Å²) in [5.41, 5.74) is 3.67. The first-order valence-corrected chi connectivity index (χ1v) is 11.4. The molecular weight excluding hydrogens is 402 g/mol. The molecule has 7 heteroatoms. The first-order valence-electron chi connectivity index (χ1n) is 11.4. The number of carbonyl (C=O) groups is 1. The van der Waals surface area contributed by atoms with Gasteiger partial charge in [0.15, 0.2) is 5.89 Å². The standard InChI is InChI=1S/C25H31N5O2/c1-4-6-7-9-16(3)14-18(26)22-21-20(27-15-28-21)12-13-30(22)25(31)23-19(5-2)29-24(32-23)17-10-8-11-17/h4,6-7,9,14-15,17,22,26H,5,8,10-13H2,1-3H3,(H,27,28)/b6-4-,9-7-,16-14+,26-18?. The molecule has 32 heavy (non-hydrogen) atoms. The molecule has 1 unspecified atom stereocenters. The van der Waals surface area contributed by atoms with Gasteiger partial charge in [-0.25, -0.2) is 9.97 Å². The summed E-state index contributed by atoms with van der Waals surface area (Å²) in [6.07, 6.45) is 15.8. The van der Waals surface area contributed by atoms with Crippen LogP contribution in [0.15, 0.2) is 46.7 Å². The van der Waals surface area contributed by atoms with E-state index >= 15 is 0 Å². The van der Waals surface area contributed by atoms with Crippen molar-refractivity contribution >= 4 is 11.6 Å². The van der Waals surface area contributed by atoms with Gasteiger partial charge < -0.3 is 19.7 Å². The largest absolute Gasteiger partial charge is 0.435 e. The van der Waals surface area contributed by atoms with Crippen LogP contribution < -0.4 is 0 Å². The number of aryl methyl sites for hydroxylation is 1. The van der Waals surface area contributed by atoms with Crippen molar-refractivity contribution in [3.63, 3.8) is 0 Å². The van der Waals surface area contributed by atoms with Gasteiger partial charge in [-0.05, 0) is 44.8 Å². The topological polar surface area (TPSA) is 98.9 Å². The molecule has 2 N–H and O–H groups in total. The molecule has 1 aliphatic carbocycles. The number of rotatable bonds is 7. The molecule has 1 aliphatic heterocycles. The summed E-state index contributed by atoms with van der Waals surface area (Å²) in [4.78, 5) is 27.7. The summed E-state index contributed by atoms with van der Waals surface area (Å²) in [5, 5.41) is 8.84. The number of imidazole rings is 1. The molecule has 7 nitrogen and oxygen atoms in total. The van der Waals surface area contributed by atoms with Crippen LogP contribution in [0.3, 0.4) is 0 Å². The number of aromatic nitrogens is 3. The van der Waals surface area contributed by atoms with E-state index in [0.717, 1.165) is 29.8 Å². The molecule has 1 fully saturated rings. The monoisotopic (exact) mass is 433 g/mol. The van der Waals surface area contributed by atoms with Crippen molar-refractivity contribution in [2.24, 2.45) is 0 Å². The van der Waals surface area contributed by atoms with Crippen LogP contribution in [-0.2, 0) is 12.8 Å². The van der Waals surface area contributed by atoms with E-state index < -0.39 is 6.04 Å². The van der Waals surface area contributed by atoms with Crippen molar-refractivity contribution in [3.8, 4) is 0 Å². The van der Waals surface area contributed by atoms with Crippen molar-refractivity contribution in [3.05, 3.63) is 71.0 Å². The lowest BCUT2D eigenvalue weighted by atomic mass is 9.85. The highest BCUT2D eigenvalue weighted by Gasteiger charge is 2.38. The number of H-pyrrole nitrogens is 1. The number of nitrogens with one attached hydrogen (secondary N) is 2. The second-order valence-corrected chi connectivity index (χ2v) is 8.46. The smallest absolute Gasteiger partial charge is 0.292 e. The summed E-state index contributed by atoms with van der Waals surface area (Å²) in [7, 11) is 0. The Morgan fingerprint density at radius 2 is 2.19 bits per heavy atom. The van der Waals surface area contributed by atoms with Crippen molar-refractivity contribution in [2.45, 2.75) is 64.8 Å². The lowest BCUT2D eigenvalue weighted by Crippen LogP contribution is -2.43. The third-order valence-electron chi connectivity index (χ3n) is 6.22. The van der Waals surface area contributed by atoms with Crippen LogP contribution >= 0.6 is 0 Å². The number of oxazole rings is 1. The fourth-order valence-corrected chi connectivity index (χ4v) is 4.24. The minimum absolute atomic E-state index is 0.209. The molecule has 1 amide bonds. The number of hydrogen-bond acceptors (Lipinski definition) is 5. The summed E-state index contributed by atoms with van der Waals surface area (Å²) < 4.78 is 6.03. The van der Waals surface area contributed by atoms with Gasteiger partial charge in [0, 0.05) is 24.6 Å². The molecule has 0 spiro atoms. The Kier molecular flexibility index (Phi) is 6.53. The average molecular weight is 434 g/mol. The van der Waals surface area contributed by atoms with E-state index in [-0.39, 0.29) is 5.91 Å². The number of nitrogens with zero attached hydrogens (tertiary/aromatic N) is 3. The maximum Gasteiger partial charge on any atom is 0.292 e. The van der Waals surface area contributed by atoms with Gasteiger partial charge in [-0.15, -0.1) is 0 Å². The first-order chi connectivity index (χ1) is 15.5. The van der Waals surface area contributed by atoms with Gasteiger partial charge in [-0.1, -0.05) is 37.6 Å². The molecular formula is C25H31N5O2. The van der Waals surface area contributed by atoms with Crippen LogP contribution in [0.1, 0.15) is 85.5 Å². The van der Waals surface area contributed by atoms with Gasteiger partial charge in [0.25, 0.3) is 5.91 Å². The van der Waals surface area contributed by atoms with Gasteiger partial charge >= 0.3 is 0 Å². The molecule has 2 aromatic heterocycles. The third kappa shape index (κ3) is 4.24. The quantitative estimate of drug-likeness (QED) is 0.471. The highest BCUT2D eigenvalue weighted by Crippen LogP contribution is 2.37. The Bertz CT molecular complexity index is 1080. The van der Waals surface area contributed by atoms with Crippen molar-refractivity contribution in [2.75, 3.05) is 6.54 Å². The Hall–Kier alpha value is -3.22. The molecule has 168 valence electrons. The van der Waals surface area contributed by atoms with Gasteiger partial charge in [0.2, 0.25) is 5.76 Å². The first kappa shape index (κ1) is 22.0. The van der Waals surface area contributed by atoms with Gasteiger partial charge in [-0.2, -0.15) is 0 Å². The molecule has 0 bridgehead atoms. The molecule has 2 aromatic rings. The Morgan fingerprint density at radius 3 is 2.88 bits per heavy atom. The Labute approximate surface area is 188 Å². The predicted octanol–water partition coefficient (Wildman–Crippen LogP) is 5.07. The van der Waals surface area contributed by atoms with Crippen LogP contribution in [0.4, 0.5) is 0 Å². The Balaban J connectivity index is 1.66. The molecule has 3 heterocycles. The van der Waals surface area contributed by atoms with Crippen LogP contribution in [-0.4, -0.2) is 38.0 Å². The summed E-state index contributed by atoms with van der Waals surface area (Å²) in [6.45, 7) is 6.39. The number of hydrogen-bond donors (Lipinski definition) is 2. The molecule has 2 aliphatic rings. The number of allylic oxidation sites excluding steroid dienone is 5. The van der Waals surface area contributed by atoms with Crippen molar-refractivity contribution in [1.29, 1.82) is 5.41 Å². The zero-order chi connectivity index (χ0) is 22.7. The molecule has 0 aromatic carbocycles. The zero-order valence-corrected chi connectivity index (χ0v) is 19.0. The van der Waals surface area contributed by atoms with Gasteiger partial charge in [0.1, 0.15) is 6.04 Å². The SMILES string of the molecule is C\C=C/C=C\C(C)=C\C(=N)C1c2nc[nH]c2CCN1C(=O)c1oc(C2CCC2)nc1CC. The summed E-state index contributed by atoms with van der Waals surface area (Å²) >= 11 is 0. The maximum atomic E-state index is 13.7. The van der Waals surface area contributed by atoms with Gasteiger partial charge in [0.05, 0.1) is 23.4 Å². The summed E-state index contributed by atoms with van der Waals surface area (Å²) in [6, 6.07) is -0.565. The number of amides is 1. The van der Waals surface area contributed by atoms with E-state index in [9.17, 15) is 4.79 Å². The second-order valence-electron chi connectivity index (χ2n) is 8.46. The highest BCUT2D eigenvalue weighted by molar-refractivity contribution is 6.03. The lowest BCUT2D eigenvalue weighted by molar-refractivity contribution is 0.0672. The average Bonchev–Trinajstić information content (AvgIpc) is 3.38. The number of aromatic amines is 1. The Morgan fingerprint density at radius 1 is 1.38 bits per heavy atom. The zero-order valence-electron chi connectivity index (χ0n) is 19.0. The van der Waals surface area contributed by atoms with E-state index in [0.29, 0.717) is 48.4 Å². The number of fused-ring (bicyclic) bond motifs is 1. The second kappa shape index (κ2) is 9.51. The highest BCUT2D eigenvalue weighted by atomic mass is 16.4. The van der Waals surface area contributed by atoms with Crippen LogP contribution in [0.5, 0.6) is 0 Å². The van der Waals surface area contributed by atoms with E-state index in [2.05, 4.69) is 15.0 Å². The molecule has 0 radical (unpaired) electrons. The number of carbonyl (C=O) groups excluding carboxylic acids is 1. The predicted molar refractivity (Wildman–Crippen MR) is 124 cm³/mol. The molecule has 0 saturated heterocycles. The van der Waals surface area contributed by atoms with E-state index in [4.69, 9.17) is 9.83 Å². The molecule has 4 rings (SSSR count).